The van der Waals surface area contributed by atoms with Gasteiger partial charge in [-0.15, -0.1) is 0 Å². The first-order chi connectivity index (χ1) is 9.18. The first-order valence-corrected chi connectivity index (χ1v) is 6.45. The third kappa shape index (κ3) is 3.68. The molecule has 19 heavy (non-hydrogen) atoms. The second-order valence-electron chi connectivity index (χ2n) is 4.61. The van der Waals surface area contributed by atoms with Crippen molar-refractivity contribution in [1.29, 1.82) is 0 Å². The van der Waals surface area contributed by atoms with Gasteiger partial charge in [0.15, 0.2) is 0 Å². The molecular formula is C14H19NO4. The lowest BCUT2D eigenvalue weighted by Crippen LogP contribution is -2.45. The highest BCUT2D eigenvalue weighted by molar-refractivity contribution is 5.90. The maximum atomic E-state index is 11.0. The minimum atomic E-state index is -0.963. The summed E-state index contributed by atoms with van der Waals surface area (Å²) >= 11 is 0. The van der Waals surface area contributed by atoms with E-state index in [1.807, 2.05) is 0 Å². The molecule has 1 aromatic carbocycles. The number of hydrogen-bond donors (Lipinski definition) is 1. The Hall–Kier alpha value is -1.59. The van der Waals surface area contributed by atoms with Gasteiger partial charge in [-0.25, -0.2) is 4.79 Å². The Balaban J connectivity index is 1.87. The highest BCUT2D eigenvalue weighted by Crippen LogP contribution is 2.17. The molecule has 1 unspecified atom stereocenters. The number of hydrogen-bond acceptors (Lipinski definition) is 4. The van der Waals surface area contributed by atoms with E-state index in [0.29, 0.717) is 18.4 Å². The van der Waals surface area contributed by atoms with Crippen LogP contribution in [0.2, 0.25) is 0 Å². The number of rotatable bonds is 5. The fourth-order valence-corrected chi connectivity index (χ4v) is 2.14. The predicted octanol–water partition coefficient (Wildman–Crippen LogP) is 1.48. The summed E-state index contributed by atoms with van der Waals surface area (Å²) in [5, 5.41) is 9.05. The number of benzene rings is 1. The maximum Gasteiger partial charge on any atom is 0.339 e. The molecule has 2 rings (SSSR count). The van der Waals surface area contributed by atoms with Gasteiger partial charge in [0, 0.05) is 19.1 Å². The molecule has 1 heterocycles. The van der Waals surface area contributed by atoms with Gasteiger partial charge in [-0.1, -0.05) is 12.1 Å². The van der Waals surface area contributed by atoms with Crippen molar-refractivity contribution in [3.8, 4) is 5.75 Å². The average molecular weight is 265 g/mol. The lowest BCUT2D eigenvalue weighted by molar-refractivity contribution is -0.00519. The quantitative estimate of drug-likeness (QED) is 0.874. The smallest absolute Gasteiger partial charge is 0.339 e. The molecule has 1 fully saturated rings. The van der Waals surface area contributed by atoms with E-state index in [4.69, 9.17) is 14.6 Å². The predicted molar refractivity (Wildman–Crippen MR) is 70.8 cm³/mol. The van der Waals surface area contributed by atoms with Crippen molar-refractivity contribution in [2.24, 2.45) is 0 Å². The van der Waals surface area contributed by atoms with E-state index in [-0.39, 0.29) is 5.56 Å². The largest absolute Gasteiger partial charge is 0.491 e. The third-order valence-corrected chi connectivity index (χ3v) is 3.26. The van der Waals surface area contributed by atoms with Crippen LogP contribution in [-0.4, -0.2) is 54.9 Å². The molecule has 0 aliphatic carbocycles. The summed E-state index contributed by atoms with van der Waals surface area (Å²) in [6, 6.07) is 7.09. The van der Waals surface area contributed by atoms with Gasteiger partial charge in [-0.2, -0.15) is 0 Å². The highest BCUT2D eigenvalue weighted by atomic mass is 16.5. The molecule has 0 amide bonds. The molecule has 5 heteroatoms. The zero-order valence-electron chi connectivity index (χ0n) is 11.0. The summed E-state index contributed by atoms with van der Waals surface area (Å²) in [5.74, 6) is -0.536. The first-order valence-electron chi connectivity index (χ1n) is 6.45. The van der Waals surface area contributed by atoms with Gasteiger partial charge in [0.1, 0.15) is 17.9 Å². The van der Waals surface area contributed by atoms with Crippen LogP contribution in [-0.2, 0) is 4.74 Å². The van der Waals surface area contributed by atoms with E-state index in [0.717, 1.165) is 26.3 Å². The maximum absolute atomic E-state index is 11.0. The Morgan fingerprint density at radius 3 is 3.05 bits per heavy atom. The number of nitrogens with zero attached hydrogens (tertiary/aromatic N) is 1. The van der Waals surface area contributed by atoms with Crippen molar-refractivity contribution in [2.75, 3.05) is 32.9 Å². The normalized spacial score (nSPS) is 20.2. The molecule has 0 aromatic heterocycles. The Morgan fingerprint density at radius 1 is 1.53 bits per heavy atom. The van der Waals surface area contributed by atoms with Gasteiger partial charge in [0.2, 0.25) is 0 Å². The van der Waals surface area contributed by atoms with Gasteiger partial charge in [0.25, 0.3) is 0 Å². The van der Waals surface area contributed by atoms with Crippen LogP contribution in [0.25, 0.3) is 0 Å². The fraction of sp³-hybridized carbons (Fsp3) is 0.500. The van der Waals surface area contributed by atoms with Crippen LogP contribution in [0.3, 0.4) is 0 Å². The fourth-order valence-electron chi connectivity index (χ4n) is 2.14. The molecule has 1 atom stereocenters. The topological polar surface area (TPSA) is 59.0 Å². The van der Waals surface area contributed by atoms with Gasteiger partial charge >= 0.3 is 5.97 Å². The minimum absolute atomic E-state index is 0.206. The number of morpholine rings is 1. The number of carboxylic acid groups (broad SMARTS) is 1. The summed E-state index contributed by atoms with van der Waals surface area (Å²) in [4.78, 5) is 13.3. The van der Waals surface area contributed by atoms with Crippen LogP contribution in [0.5, 0.6) is 5.75 Å². The van der Waals surface area contributed by atoms with Gasteiger partial charge < -0.3 is 14.6 Å². The zero-order chi connectivity index (χ0) is 13.7. The molecule has 0 saturated carbocycles. The molecule has 5 nitrogen and oxygen atoms in total. The lowest BCUT2D eigenvalue weighted by atomic mass is 10.2. The zero-order valence-corrected chi connectivity index (χ0v) is 11.0. The molecule has 1 saturated heterocycles. The van der Waals surface area contributed by atoms with Crippen molar-refractivity contribution in [3.63, 3.8) is 0 Å². The first kappa shape index (κ1) is 13.8. The summed E-state index contributed by atoms with van der Waals surface area (Å²) in [6.07, 6.45) is 0. The van der Waals surface area contributed by atoms with Crippen molar-refractivity contribution in [2.45, 2.75) is 13.0 Å². The third-order valence-electron chi connectivity index (χ3n) is 3.26. The summed E-state index contributed by atoms with van der Waals surface area (Å²) in [7, 11) is 0. The number of aromatic carboxylic acids is 1. The van der Waals surface area contributed by atoms with E-state index in [9.17, 15) is 4.79 Å². The van der Waals surface area contributed by atoms with Crippen LogP contribution in [0.4, 0.5) is 0 Å². The second kappa shape index (κ2) is 6.54. The molecule has 1 aliphatic heterocycles. The molecule has 104 valence electrons. The lowest BCUT2D eigenvalue weighted by Gasteiger charge is -2.32. The standard InChI is InChI=1S/C14H19NO4/c1-11-10-18-8-6-15(11)7-9-19-13-5-3-2-4-12(13)14(16)17/h2-5,11H,6-10H2,1H3,(H,16,17). The van der Waals surface area contributed by atoms with Crippen molar-refractivity contribution >= 4 is 5.97 Å². The highest BCUT2D eigenvalue weighted by Gasteiger charge is 2.18. The van der Waals surface area contributed by atoms with E-state index in [1.54, 1.807) is 24.3 Å². The Morgan fingerprint density at radius 2 is 2.32 bits per heavy atom. The van der Waals surface area contributed by atoms with E-state index >= 15 is 0 Å². The Labute approximate surface area is 112 Å². The summed E-state index contributed by atoms with van der Waals surface area (Å²) in [6.45, 7) is 5.75. The molecule has 1 N–H and O–H groups in total. The van der Waals surface area contributed by atoms with Gasteiger partial charge in [-0.05, 0) is 19.1 Å². The van der Waals surface area contributed by atoms with Crippen LogP contribution in [0, 0.1) is 0 Å². The van der Waals surface area contributed by atoms with Crippen LogP contribution < -0.4 is 4.74 Å². The molecule has 0 spiro atoms. The number of carbonyl (C=O) groups is 1. The number of para-hydroxylation sites is 1. The van der Waals surface area contributed by atoms with Crippen LogP contribution >= 0.6 is 0 Å². The van der Waals surface area contributed by atoms with Gasteiger partial charge in [-0.3, -0.25) is 4.90 Å². The van der Waals surface area contributed by atoms with Crippen molar-refractivity contribution < 1.29 is 19.4 Å². The molecule has 0 radical (unpaired) electrons. The van der Waals surface area contributed by atoms with Crippen LogP contribution in [0.1, 0.15) is 17.3 Å². The molecule has 0 bridgehead atoms. The molecule has 1 aromatic rings. The Kier molecular flexibility index (Phi) is 4.76. The molecular weight excluding hydrogens is 246 g/mol. The van der Waals surface area contributed by atoms with Gasteiger partial charge in [0.05, 0.1) is 13.2 Å². The monoisotopic (exact) mass is 265 g/mol. The minimum Gasteiger partial charge on any atom is -0.491 e. The summed E-state index contributed by atoms with van der Waals surface area (Å²) in [5.41, 5.74) is 0.206. The van der Waals surface area contributed by atoms with E-state index < -0.39 is 5.97 Å². The van der Waals surface area contributed by atoms with E-state index in [2.05, 4.69) is 11.8 Å². The Bertz CT molecular complexity index is 435. The average Bonchev–Trinajstić information content (AvgIpc) is 2.41. The molecule has 1 aliphatic rings. The van der Waals surface area contributed by atoms with E-state index in [1.165, 1.54) is 0 Å². The number of carboxylic acids is 1. The SMILES string of the molecule is CC1COCCN1CCOc1ccccc1C(=O)O. The second-order valence-corrected chi connectivity index (χ2v) is 4.61. The van der Waals surface area contributed by atoms with Crippen molar-refractivity contribution in [1.82, 2.24) is 4.90 Å². The van der Waals surface area contributed by atoms with Crippen molar-refractivity contribution in [3.05, 3.63) is 29.8 Å². The van der Waals surface area contributed by atoms with Crippen LogP contribution in [0.15, 0.2) is 24.3 Å². The number of ether oxygens (including phenoxy) is 2. The summed E-state index contributed by atoms with van der Waals surface area (Å²) < 4.78 is 11.0.